The van der Waals surface area contributed by atoms with Crippen molar-refractivity contribution >= 4 is 0 Å². The zero-order chi connectivity index (χ0) is 10.8. The molecule has 0 radical (unpaired) electrons. The Kier molecular flexibility index (Phi) is 9.35. The summed E-state index contributed by atoms with van der Waals surface area (Å²) in [5.41, 5.74) is 0. The summed E-state index contributed by atoms with van der Waals surface area (Å²) in [5, 5.41) is 8.90. The van der Waals surface area contributed by atoms with E-state index in [0.29, 0.717) is 5.92 Å². The van der Waals surface area contributed by atoms with Gasteiger partial charge in [-0.05, 0) is 12.3 Å². The highest BCUT2D eigenvalue weighted by Gasteiger charge is 2.08. The quantitative estimate of drug-likeness (QED) is 0.614. The van der Waals surface area contributed by atoms with Gasteiger partial charge in [-0.25, -0.2) is 0 Å². The summed E-state index contributed by atoms with van der Waals surface area (Å²) >= 11 is 0. The molecular weight excluding hydrogens is 178 g/mol. The highest BCUT2D eigenvalue weighted by molar-refractivity contribution is 4.62. The van der Waals surface area contributed by atoms with Gasteiger partial charge in [-0.15, -0.1) is 0 Å². The number of aliphatic hydroxyl groups is 1. The molecule has 0 heterocycles. The first-order valence-corrected chi connectivity index (χ1v) is 5.56. The fraction of sp³-hybridized carbons (Fsp3) is 1.00. The highest BCUT2D eigenvalue weighted by Crippen LogP contribution is 2.07. The van der Waals surface area contributed by atoms with Crippen molar-refractivity contribution in [1.82, 2.24) is 4.90 Å². The predicted octanol–water partition coefficient (Wildman–Crippen LogP) is 1.36. The summed E-state index contributed by atoms with van der Waals surface area (Å²) in [6, 6.07) is 0. The lowest BCUT2D eigenvalue weighted by molar-refractivity contribution is 0.120. The Morgan fingerprint density at radius 1 is 1.36 bits per heavy atom. The van der Waals surface area contributed by atoms with E-state index in [2.05, 4.69) is 18.7 Å². The Hall–Kier alpha value is -0.120. The second kappa shape index (κ2) is 9.44. The van der Waals surface area contributed by atoms with Crippen LogP contribution >= 0.6 is 0 Å². The number of methoxy groups -OCH3 is 1. The third kappa shape index (κ3) is 7.30. The van der Waals surface area contributed by atoms with Crippen LogP contribution < -0.4 is 0 Å². The third-order valence-corrected chi connectivity index (χ3v) is 2.38. The van der Waals surface area contributed by atoms with Crippen LogP contribution in [0.15, 0.2) is 0 Å². The monoisotopic (exact) mass is 203 g/mol. The van der Waals surface area contributed by atoms with Crippen LogP contribution in [-0.2, 0) is 4.74 Å². The Labute approximate surface area is 88.1 Å². The predicted molar refractivity (Wildman–Crippen MR) is 59.5 cm³/mol. The molecule has 0 aliphatic rings. The molecule has 14 heavy (non-hydrogen) atoms. The molecule has 0 amide bonds. The summed E-state index contributed by atoms with van der Waals surface area (Å²) in [6.07, 6.45) is 2.49. The average Bonchev–Trinajstić information content (AvgIpc) is 2.15. The van der Waals surface area contributed by atoms with Crippen LogP contribution in [0.2, 0.25) is 0 Å². The van der Waals surface area contributed by atoms with Gasteiger partial charge in [-0.1, -0.05) is 20.3 Å². The molecule has 0 aliphatic carbocycles. The molecule has 1 unspecified atom stereocenters. The van der Waals surface area contributed by atoms with Gasteiger partial charge in [0.15, 0.2) is 0 Å². The first-order chi connectivity index (χ1) is 6.74. The Bertz CT molecular complexity index is 120. The lowest BCUT2D eigenvalue weighted by atomic mass is 10.1. The van der Waals surface area contributed by atoms with Crippen LogP contribution in [0.3, 0.4) is 0 Å². The molecule has 0 saturated heterocycles. The van der Waals surface area contributed by atoms with Gasteiger partial charge in [-0.2, -0.15) is 0 Å². The van der Waals surface area contributed by atoms with E-state index in [1.807, 2.05) is 0 Å². The normalized spacial score (nSPS) is 13.5. The molecule has 1 N–H and O–H groups in total. The van der Waals surface area contributed by atoms with E-state index in [9.17, 15) is 0 Å². The Balaban J connectivity index is 3.69. The van der Waals surface area contributed by atoms with Gasteiger partial charge in [0, 0.05) is 26.7 Å². The molecule has 0 rings (SSSR count). The Morgan fingerprint density at radius 3 is 2.57 bits per heavy atom. The molecule has 0 spiro atoms. The van der Waals surface area contributed by atoms with Crippen LogP contribution in [0.25, 0.3) is 0 Å². The molecule has 3 heteroatoms. The van der Waals surface area contributed by atoms with E-state index in [1.54, 1.807) is 7.11 Å². The molecule has 0 aliphatic heterocycles. The van der Waals surface area contributed by atoms with E-state index in [4.69, 9.17) is 9.84 Å². The topological polar surface area (TPSA) is 32.7 Å². The average molecular weight is 203 g/mol. The van der Waals surface area contributed by atoms with Crippen molar-refractivity contribution in [3.8, 4) is 0 Å². The van der Waals surface area contributed by atoms with E-state index in [1.165, 1.54) is 12.8 Å². The molecule has 3 nitrogen and oxygen atoms in total. The summed E-state index contributed by atoms with van der Waals surface area (Å²) < 4.78 is 5.04. The number of hydrogen-bond acceptors (Lipinski definition) is 3. The minimum atomic E-state index is 0.239. The molecular formula is C11H25NO2. The van der Waals surface area contributed by atoms with E-state index < -0.39 is 0 Å². The number of hydrogen-bond donors (Lipinski definition) is 1. The van der Waals surface area contributed by atoms with Crippen LogP contribution in [0.5, 0.6) is 0 Å². The molecule has 1 atom stereocenters. The largest absolute Gasteiger partial charge is 0.395 e. The number of ether oxygens (including phenoxy) is 1. The van der Waals surface area contributed by atoms with Crippen molar-refractivity contribution in [2.75, 3.05) is 40.0 Å². The van der Waals surface area contributed by atoms with Crippen molar-refractivity contribution in [3.63, 3.8) is 0 Å². The maximum Gasteiger partial charge on any atom is 0.0589 e. The summed E-state index contributed by atoms with van der Waals surface area (Å²) in [5.74, 6) is 0.711. The second-order valence-electron chi connectivity index (χ2n) is 3.91. The van der Waals surface area contributed by atoms with E-state index >= 15 is 0 Å². The second-order valence-corrected chi connectivity index (χ2v) is 3.91. The van der Waals surface area contributed by atoms with Gasteiger partial charge >= 0.3 is 0 Å². The summed E-state index contributed by atoms with van der Waals surface area (Å²) in [4.78, 5) is 2.27. The fourth-order valence-electron chi connectivity index (χ4n) is 1.68. The van der Waals surface area contributed by atoms with Crippen LogP contribution in [-0.4, -0.2) is 50.0 Å². The molecule has 0 saturated carbocycles. The van der Waals surface area contributed by atoms with Gasteiger partial charge in [0.25, 0.3) is 0 Å². The SMILES string of the molecule is CCCC(C)CN(CCO)CCOC. The standard InChI is InChI=1S/C11H25NO2/c1-4-5-11(2)10-12(6-8-13)7-9-14-3/h11,13H,4-10H2,1-3H3. The molecule has 86 valence electrons. The maximum atomic E-state index is 8.90. The molecule has 0 fully saturated rings. The zero-order valence-corrected chi connectivity index (χ0v) is 9.83. The first kappa shape index (κ1) is 13.9. The fourth-order valence-corrected chi connectivity index (χ4v) is 1.68. The van der Waals surface area contributed by atoms with E-state index in [-0.39, 0.29) is 6.61 Å². The minimum absolute atomic E-state index is 0.239. The van der Waals surface area contributed by atoms with Gasteiger partial charge in [0.2, 0.25) is 0 Å². The third-order valence-electron chi connectivity index (χ3n) is 2.38. The van der Waals surface area contributed by atoms with Gasteiger partial charge in [0.1, 0.15) is 0 Å². The van der Waals surface area contributed by atoms with Crippen molar-refractivity contribution < 1.29 is 9.84 Å². The van der Waals surface area contributed by atoms with Gasteiger partial charge in [-0.3, -0.25) is 4.90 Å². The van der Waals surface area contributed by atoms with Crippen LogP contribution in [0.1, 0.15) is 26.7 Å². The Morgan fingerprint density at radius 2 is 2.07 bits per heavy atom. The lowest BCUT2D eigenvalue weighted by Gasteiger charge is -2.24. The lowest BCUT2D eigenvalue weighted by Crippen LogP contribution is -2.34. The van der Waals surface area contributed by atoms with Crippen molar-refractivity contribution in [2.24, 2.45) is 5.92 Å². The zero-order valence-electron chi connectivity index (χ0n) is 9.83. The highest BCUT2D eigenvalue weighted by atomic mass is 16.5. The first-order valence-electron chi connectivity index (χ1n) is 5.56. The minimum Gasteiger partial charge on any atom is -0.395 e. The number of rotatable bonds is 9. The molecule has 0 aromatic rings. The van der Waals surface area contributed by atoms with Gasteiger partial charge < -0.3 is 9.84 Å². The van der Waals surface area contributed by atoms with Crippen molar-refractivity contribution in [1.29, 1.82) is 0 Å². The van der Waals surface area contributed by atoms with Crippen LogP contribution in [0.4, 0.5) is 0 Å². The number of aliphatic hydroxyl groups excluding tert-OH is 1. The van der Waals surface area contributed by atoms with Crippen molar-refractivity contribution in [2.45, 2.75) is 26.7 Å². The van der Waals surface area contributed by atoms with E-state index in [0.717, 1.165) is 26.2 Å². The summed E-state index contributed by atoms with van der Waals surface area (Å²) in [7, 11) is 1.71. The van der Waals surface area contributed by atoms with Gasteiger partial charge in [0.05, 0.1) is 13.2 Å². The van der Waals surface area contributed by atoms with Crippen molar-refractivity contribution in [3.05, 3.63) is 0 Å². The number of nitrogens with zero attached hydrogens (tertiary/aromatic N) is 1. The molecule has 0 aromatic carbocycles. The smallest absolute Gasteiger partial charge is 0.0589 e. The molecule has 0 bridgehead atoms. The molecule has 0 aromatic heterocycles. The maximum absolute atomic E-state index is 8.90. The summed E-state index contributed by atoms with van der Waals surface area (Å²) in [6.45, 7) is 8.21. The van der Waals surface area contributed by atoms with Crippen LogP contribution in [0, 0.1) is 5.92 Å².